The summed E-state index contributed by atoms with van der Waals surface area (Å²) in [6, 6.07) is 10.2. The second kappa shape index (κ2) is 8.95. The first-order valence-electron chi connectivity index (χ1n) is 8.85. The van der Waals surface area contributed by atoms with Crippen molar-refractivity contribution in [1.29, 1.82) is 0 Å². The largest absolute Gasteiger partial charge is 0.464 e. The van der Waals surface area contributed by atoms with Gasteiger partial charge in [0.2, 0.25) is 0 Å². The van der Waals surface area contributed by atoms with Gasteiger partial charge < -0.3 is 9.47 Å². The highest BCUT2D eigenvalue weighted by molar-refractivity contribution is 6.04. The molecule has 12 heteroatoms. The summed E-state index contributed by atoms with van der Waals surface area (Å²) >= 11 is 0. The average molecular weight is 438 g/mol. The number of nitrogens with zero attached hydrogens (tertiary/aromatic N) is 4. The predicted molar refractivity (Wildman–Crippen MR) is 109 cm³/mol. The molecule has 0 aliphatic rings. The molecule has 0 aliphatic carbocycles. The van der Waals surface area contributed by atoms with Crippen LogP contribution in [0.1, 0.15) is 21.0 Å². The third-order valence-electron chi connectivity index (χ3n) is 4.37. The topological polar surface area (TPSA) is 165 Å². The highest BCUT2D eigenvalue weighted by Crippen LogP contribution is 2.31. The summed E-state index contributed by atoms with van der Waals surface area (Å²) in [5.74, 6) is -1.87. The zero-order valence-electron chi connectivity index (χ0n) is 16.7. The molecule has 0 radical (unpaired) electrons. The third kappa shape index (κ3) is 4.23. The van der Waals surface area contributed by atoms with Gasteiger partial charge in [0.25, 0.3) is 11.4 Å². The number of ether oxygens (including phenoxy) is 2. The molecule has 0 fully saturated rings. The van der Waals surface area contributed by atoms with Crippen molar-refractivity contribution in [2.24, 2.45) is 0 Å². The molecule has 0 saturated heterocycles. The molecule has 12 nitrogen and oxygen atoms in total. The lowest BCUT2D eigenvalue weighted by Gasteiger charge is -2.13. The van der Waals surface area contributed by atoms with Crippen LogP contribution in [0.3, 0.4) is 0 Å². The minimum absolute atomic E-state index is 0.0377. The van der Waals surface area contributed by atoms with Gasteiger partial charge in [-0.15, -0.1) is 0 Å². The molecule has 1 aromatic heterocycles. The van der Waals surface area contributed by atoms with Crippen molar-refractivity contribution in [2.45, 2.75) is 0 Å². The van der Waals surface area contributed by atoms with Crippen molar-refractivity contribution in [3.05, 3.63) is 80.1 Å². The minimum Gasteiger partial charge on any atom is -0.464 e. The number of hydrogen-bond donors (Lipinski definition) is 0. The van der Waals surface area contributed by atoms with Crippen LogP contribution in [-0.4, -0.2) is 46.0 Å². The van der Waals surface area contributed by atoms with Crippen LogP contribution in [0.2, 0.25) is 0 Å². The number of hydrogen-bond acceptors (Lipinski definition) is 10. The van der Waals surface area contributed by atoms with Gasteiger partial charge in [0, 0.05) is 35.4 Å². The summed E-state index contributed by atoms with van der Waals surface area (Å²) in [4.78, 5) is 54.1. The normalized spacial score (nSPS) is 10.3. The smallest absolute Gasteiger partial charge is 0.357 e. The Kier molecular flexibility index (Phi) is 6.14. The number of benzene rings is 2. The van der Waals surface area contributed by atoms with Gasteiger partial charge in [0.1, 0.15) is 0 Å². The van der Waals surface area contributed by atoms with Crippen LogP contribution < -0.4 is 0 Å². The van der Waals surface area contributed by atoms with E-state index in [0.29, 0.717) is 5.56 Å². The summed E-state index contributed by atoms with van der Waals surface area (Å²) in [7, 11) is 2.24. The number of carbonyl (C=O) groups excluding carboxylic acids is 2. The monoisotopic (exact) mass is 438 g/mol. The van der Waals surface area contributed by atoms with Gasteiger partial charge in [0.05, 0.1) is 24.1 Å². The SMILES string of the molecule is COC(=O)c1nc(-c2ccc([N+](=O)[O-])cc2)nc(C(=O)OC)c1-c1ccc([N+](=O)[O-])cc1. The lowest BCUT2D eigenvalue weighted by Crippen LogP contribution is -2.16. The van der Waals surface area contributed by atoms with E-state index in [2.05, 4.69) is 9.97 Å². The van der Waals surface area contributed by atoms with Crippen molar-refractivity contribution >= 4 is 23.3 Å². The zero-order valence-corrected chi connectivity index (χ0v) is 16.7. The maximum Gasteiger partial charge on any atom is 0.357 e. The summed E-state index contributed by atoms with van der Waals surface area (Å²) in [5, 5.41) is 21.8. The van der Waals surface area contributed by atoms with E-state index in [1.165, 1.54) is 48.5 Å². The van der Waals surface area contributed by atoms with Crippen molar-refractivity contribution in [3.8, 4) is 22.5 Å². The second-order valence-corrected chi connectivity index (χ2v) is 6.21. The lowest BCUT2D eigenvalue weighted by molar-refractivity contribution is -0.385. The fourth-order valence-corrected chi connectivity index (χ4v) is 2.83. The van der Waals surface area contributed by atoms with Gasteiger partial charge in [-0.1, -0.05) is 0 Å². The van der Waals surface area contributed by atoms with E-state index >= 15 is 0 Å². The van der Waals surface area contributed by atoms with Crippen LogP contribution >= 0.6 is 0 Å². The maximum atomic E-state index is 12.5. The van der Waals surface area contributed by atoms with Gasteiger partial charge in [-0.25, -0.2) is 19.6 Å². The number of methoxy groups -OCH3 is 2. The maximum absolute atomic E-state index is 12.5. The number of carbonyl (C=O) groups is 2. The molecule has 0 spiro atoms. The molecule has 0 unspecified atom stereocenters. The minimum atomic E-state index is -0.894. The molecular formula is C20H14N4O8. The molecule has 0 saturated carbocycles. The zero-order chi connectivity index (χ0) is 23.4. The Hall–Kier alpha value is -4.74. The summed E-state index contributed by atoms with van der Waals surface area (Å²) in [6.07, 6.45) is 0. The Morgan fingerprint density at radius 2 is 1.09 bits per heavy atom. The van der Waals surface area contributed by atoms with E-state index in [-0.39, 0.29) is 39.7 Å². The van der Waals surface area contributed by atoms with Gasteiger partial charge in [-0.3, -0.25) is 20.2 Å². The summed E-state index contributed by atoms with van der Waals surface area (Å²) in [6.45, 7) is 0. The lowest BCUT2D eigenvalue weighted by atomic mass is 10.0. The van der Waals surface area contributed by atoms with E-state index in [0.717, 1.165) is 14.2 Å². The molecule has 32 heavy (non-hydrogen) atoms. The Morgan fingerprint density at radius 3 is 1.44 bits per heavy atom. The Balaban J connectivity index is 2.27. The first-order chi connectivity index (χ1) is 15.3. The van der Waals surface area contributed by atoms with Crippen LogP contribution in [0.5, 0.6) is 0 Å². The number of esters is 2. The molecule has 0 N–H and O–H groups in total. The molecule has 162 valence electrons. The van der Waals surface area contributed by atoms with Crippen molar-refractivity contribution in [2.75, 3.05) is 14.2 Å². The van der Waals surface area contributed by atoms with E-state index in [4.69, 9.17) is 9.47 Å². The Labute approximate surface area is 179 Å². The molecule has 0 aliphatic heterocycles. The number of nitro benzene ring substituents is 2. The highest BCUT2D eigenvalue weighted by atomic mass is 16.6. The Morgan fingerprint density at radius 1 is 0.719 bits per heavy atom. The van der Waals surface area contributed by atoms with Crippen molar-refractivity contribution < 1.29 is 28.9 Å². The van der Waals surface area contributed by atoms with Crippen molar-refractivity contribution in [3.63, 3.8) is 0 Å². The number of aromatic nitrogens is 2. The van der Waals surface area contributed by atoms with Crippen LogP contribution in [0.15, 0.2) is 48.5 Å². The molecule has 3 rings (SSSR count). The van der Waals surface area contributed by atoms with E-state index < -0.39 is 21.8 Å². The molecule has 3 aromatic rings. The highest BCUT2D eigenvalue weighted by Gasteiger charge is 2.27. The Bertz CT molecular complexity index is 1190. The molecule has 0 bridgehead atoms. The first kappa shape index (κ1) is 22.0. The average Bonchev–Trinajstić information content (AvgIpc) is 2.82. The first-order valence-corrected chi connectivity index (χ1v) is 8.85. The van der Waals surface area contributed by atoms with Gasteiger partial charge >= 0.3 is 11.9 Å². The standard InChI is InChI=1S/C20H14N4O8/c1-31-19(25)16-15(11-3-7-13(8-4-11)23(27)28)17(20(26)32-2)22-18(21-16)12-5-9-14(10-6-12)24(29)30/h3-10H,1-2H3. The molecule has 2 aromatic carbocycles. The number of rotatable bonds is 6. The predicted octanol–water partition coefficient (Wildman–Crippen LogP) is 3.20. The number of nitro groups is 2. The third-order valence-corrected chi connectivity index (χ3v) is 4.37. The molecular weight excluding hydrogens is 424 g/mol. The fraction of sp³-hybridized carbons (Fsp3) is 0.100. The van der Waals surface area contributed by atoms with Crippen LogP contribution in [0, 0.1) is 20.2 Å². The van der Waals surface area contributed by atoms with Crippen LogP contribution in [0.4, 0.5) is 11.4 Å². The van der Waals surface area contributed by atoms with Crippen molar-refractivity contribution in [1.82, 2.24) is 9.97 Å². The van der Waals surface area contributed by atoms with Crippen LogP contribution in [-0.2, 0) is 9.47 Å². The molecule has 0 atom stereocenters. The van der Waals surface area contributed by atoms with Gasteiger partial charge in [-0.2, -0.15) is 0 Å². The van der Waals surface area contributed by atoms with E-state index in [9.17, 15) is 29.8 Å². The van der Waals surface area contributed by atoms with Crippen LogP contribution in [0.25, 0.3) is 22.5 Å². The van der Waals surface area contributed by atoms with E-state index in [1.54, 1.807) is 0 Å². The summed E-state index contributed by atoms with van der Waals surface area (Å²) < 4.78 is 9.58. The second-order valence-electron chi connectivity index (χ2n) is 6.21. The summed E-state index contributed by atoms with van der Waals surface area (Å²) in [5.41, 5.74) is -0.443. The van der Waals surface area contributed by atoms with Gasteiger partial charge in [-0.05, 0) is 29.8 Å². The quantitative estimate of drug-likeness (QED) is 0.317. The molecule has 1 heterocycles. The van der Waals surface area contributed by atoms with Gasteiger partial charge in [0.15, 0.2) is 17.2 Å². The molecule has 0 amide bonds. The fourth-order valence-electron chi connectivity index (χ4n) is 2.83. The number of non-ortho nitro benzene ring substituents is 2. The van der Waals surface area contributed by atoms with E-state index in [1.807, 2.05) is 0 Å².